The highest BCUT2D eigenvalue weighted by molar-refractivity contribution is 8.00. The van der Waals surface area contributed by atoms with Crippen molar-refractivity contribution in [1.82, 2.24) is 20.5 Å². The van der Waals surface area contributed by atoms with Gasteiger partial charge in [-0.05, 0) is 38.3 Å². The third-order valence-corrected chi connectivity index (χ3v) is 10.7. The highest BCUT2D eigenvalue weighted by atomic mass is 32.2. The Morgan fingerprint density at radius 1 is 1.11 bits per heavy atom. The Hall–Kier alpha value is -5.22. The van der Waals surface area contributed by atoms with Crippen molar-refractivity contribution in [2.24, 2.45) is 10.6 Å². The van der Waals surface area contributed by atoms with Crippen LogP contribution in [0.25, 0.3) is 0 Å². The summed E-state index contributed by atoms with van der Waals surface area (Å²) in [6.07, 6.45) is 0.462. The number of hydrogen-bond donors (Lipinski definition) is 3. The van der Waals surface area contributed by atoms with Gasteiger partial charge in [-0.25, -0.2) is 9.78 Å². The van der Waals surface area contributed by atoms with E-state index in [0.717, 1.165) is 22.5 Å². The number of benzene rings is 2. The minimum atomic E-state index is -1.20. The van der Waals surface area contributed by atoms with Crippen molar-refractivity contribution in [1.29, 1.82) is 0 Å². The summed E-state index contributed by atoms with van der Waals surface area (Å²) in [6, 6.07) is 17.9. The van der Waals surface area contributed by atoms with Gasteiger partial charge in [-0.3, -0.25) is 19.2 Å². The Morgan fingerprint density at radius 2 is 1.77 bits per heavy atom. The monoisotopic (exact) mass is 762 g/mol. The fraction of sp³-hybridized carbons (Fsp3) is 0.378. The first-order chi connectivity index (χ1) is 25.4. The molecule has 0 spiro atoms. The Kier molecular flexibility index (Phi) is 12.6. The molecule has 16 heteroatoms. The lowest BCUT2D eigenvalue weighted by Gasteiger charge is -2.53. The number of thioether (sulfide) groups is 1. The summed E-state index contributed by atoms with van der Waals surface area (Å²) >= 11 is 2.40. The molecule has 3 unspecified atom stereocenters. The minimum absolute atomic E-state index is 0.0220. The van der Waals surface area contributed by atoms with Crippen LogP contribution in [0.15, 0.2) is 83.9 Å². The molecule has 5 rings (SSSR count). The molecule has 3 N–H and O–H groups in total. The van der Waals surface area contributed by atoms with Crippen LogP contribution in [-0.2, 0) is 33.5 Å². The van der Waals surface area contributed by atoms with Gasteiger partial charge in [0.25, 0.3) is 5.91 Å². The van der Waals surface area contributed by atoms with Crippen LogP contribution in [0.5, 0.6) is 0 Å². The first kappa shape index (κ1) is 39.0. The fourth-order valence-corrected chi connectivity index (χ4v) is 7.73. The zero-order valence-corrected chi connectivity index (χ0v) is 31.4. The molecule has 4 amide bonds. The third kappa shape index (κ3) is 9.42. The van der Waals surface area contributed by atoms with Gasteiger partial charge in [-0.2, -0.15) is 0 Å². The number of aromatic nitrogens is 1. The molecule has 14 nitrogen and oxygen atoms in total. The number of carbonyl (C=O) groups excluding carboxylic acids is 5. The van der Waals surface area contributed by atoms with Gasteiger partial charge >= 0.3 is 12.1 Å². The second-order valence-electron chi connectivity index (χ2n) is 13.3. The standard InChI is InChI=1S/C37H42N6O8S2/c1-6-25(18-38-35(48)50-36(3,4)5)51-42-27(26-19-52-34(40-26)39-22-44)30(45)41-28-31(46)43-20-37(7-2,21-53-32(28)43)33(47)49-29(23-14-10-8-11-15-23)24-16-12-9-13-17-24/h7-17,19,22,25,28-29,32H,2,6,18,20-21H2,1,3-5H3,(H,38,48)(H,41,45)(H,39,40,44)/t25?,28?,32-,37?/m1/s1. The van der Waals surface area contributed by atoms with Crippen LogP contribution in [0.1, 0.15) is 57.0 Å². The largest absolute Gasteiger partial charge is 0.452 e. The van der Waals surface area contributed by atoms with Gasteiger partial charge in [0.15, 0.2) is 16.9 Å². The van der Waals surface area contributed by atoms with E-state index in [1.807, 2.05) is 67.6 Å². The second kappa shape index (κ2) is 17.1. The summed E-state index contributed by atoms with van der Waals surface area (Å²) < 4.78 is 11.4. The van der Waals surface area contributed by atoms with Gasteiger partial charge in [-0.1, -0.05) is 78.8 Å². The number of esters is 1. The minimum Gasteiger partial charge on any atom is -0.452 e. The average molecular weight is 763 g/mol. The molecule has 0 radical (unpaired) electrons. The summed E-state index contributed by atoms with van der Waals surface area (Å²) in [7, 11) is 0. The van der Waals surface area contributed by atoms with Crippen molar-refractivity contribution in [3.8, 4) is 0 Å². The van der Waals surface area contributed by atoms with Crippen molar-refractivity contribution in [3.63, 3.8) is 0 Å². The summed E-state index contributed by atoms with van der Waals surface area (Å²) in [4.78, 5) is 75.9. The number of anilines is 1. The van der Waals surface area contributed by atoms with E-state index in [9.17, 15) is 24.0 Å². The van der Waals surface area contributed by atoms with Gasteiger partial charge in [0, 0.05) is 17.7 Å². The quantitative estimate of drug-likeness (QED) is 0.0494. The van der Waals surface area contributed by atoms with Crippen LogP contribution in [0.2, 0.25) is 0 Å². The molecule has 53 heavy (non-hydrogen) atoms. The third-order valence-electron chi connectivity index (χ3n) is 8.38. The average Bonchev–Trinajstić information content (AvgIpc) is 3.61. The number of nitrogens with one attached hydrogen (secondary N) is 3. The number of oxime groups is 1. The Morgan fingerprint density at radius 3 is 2.36 bits per heavy atom. The number of β-lactam (4-membered cyclic amide) rings is 1. The molecule has 280 valence electrons. The Labute approximate surface area is 315 Å². The highest BCUT2D eigenvalue weighted by Gasteiger charge is 2.57. The predicted octanol–water partition coefficient (Wildman–Crippen LogP) is 4.64. The Balaban J connectivity index is 1.28. The van der Waals surface area contributed by atoms with Crippen LogP contribution in [0.3, 0.4) is 0 Å². The van der Waals surface area contributed by atoms with E-state index in [2.05, 4.69) is 32.7 Å². The number of alkyl carbamates (subject to hydrolysis) is 1. The maximum Gasteiger partial charge on any atom is 0.407 e. The number of rotatable bonds is 15. The molecular weight excluding hydrogens is 721 g/mol. The van der Waals surface area contributed by atoms with Gasteiger partial charge in [0.2, 0.25) is 12.3 Å². The molecule has 2 saturated heterocycles. The summed E-state index contributed by atoms with van der Waals surface area (Å²) in [6.45, 7) is 11.1. The van der Waals surface area contributed by atoms with Crippen LogP contribution in [-0.4, -0.2) is 87.8 Å². The van der Waals surface area contributed by atoms with Crippen LogP contribution >= 0.6 is 23.1 Å². The smallest absolute Gasteiger partial charge is 0.407 e. The molecule has 3 heterocycles. The van der Waals surface area contributed by atoms with Crippen molar-refractivity contribution in [3.05, 3.63) is 95.5 Å². The maximum atomic E-state index is 13.9. The van der Waals surface area contributed by atoms with E-state index < -0.39 is 58.5 Å². The lowest BCUT2D eigenvalue weighted by molar-refractivity contribution is -0.162. The van der Waals surface area contributed by atoms with E-state index in [1.165, 1.54) is 28.1 Å². The van der Waals surface area contributed by atoms with Gasteiger partial charge < -0.3 is 35.2 Å². The zero-order valence-electron chi connectivity index (χ0n) is 29.8. The van der Waals surface area contributed by atoms with Crippen molar-refractivity contribution in [2.75, 3.05) is 24.2 Å². The van der Waals surface area contributed by atoms with E-state index in [0.29, 0.717) is 12.8 Å². The van der Waals surface area contributed by atoms with Crippen molar-refractivity contribution < 1.29 is 38.3 Å². The van der Waals surface area contributed by atoms with Crippen LogP contribution < -0.4 is 16.0 Å². The Bertz CT molecular complexity index is 1790. The van der Waals surface area contributed by atoms with Gasteiger partial charge in [-0.15, -0.1) is 29.7 Å². The number of carbonyl (C=O) groups is 5. The lowest BCUT2D eigenvalue weighted by Crippen LogP contribution is -2.73. The molecule has 2 aliphatic rings. The molecule has 2 fully saturated rings. The number of hydrogen-bond acceptors (Lipinski definition) is 12. The van der Waals surface area contributed by atoms with Crippen molar-refractivity contribution >= 4 is 64.2 Å². The maximum absolute atomic E-state index is 13.9. The van der Waals surface area contributed by atoms with Crippen LogP contribution in [0, 0.1) is 5.41 Å². The first-order valence-corrected chi connectivity index (χ1v) is 18.8. The molecule has 0 aliphatic carbocycles. The highest BCUT2D eigenvalue weighted by Crippen LogP contribution is 2.44. The molecule has 3 aromatic rings. The van der Waals surface area contributed by atoms with E-state index in [-0.39, 0.29) is 35.4 Å². The van der Waals surface area contributed by atoms with E-state index >= 15 is 0 Å². The summed E-state index contributed by atoms with van der Waals surface area (Å²) in [5, 5.41) is 13.2. The molecule has 2 aromatic carbocycles. The molecule has 0 bridgehead atoms. The first-order valence-electron chi connectivity index (χ1n) is 16.9. The van der Waals surface area contributed by atoms with Gasteiger partial charge in [0.05, 0.1) is 6.54 Å². The predicted molar refractivity (Wildman–Crippen MR) is 201 cm³/mol. The number of amides is 4. The molecule has 2 aliphatic heterocycles. The lowest BCUT2D eigenvalue weighted by atomic mass is 9.87. The normalized spacial score (nSPS) is 20.3. The number of thiazole rings is 1. The van der Waals surface area contributed by atoms with E-state index in [1.54, 1.807) is 20.8 Å². The second-order valence-corrected chi connectivity index (χ2v) is 15.3. The number of ether oxygens (including phenoxy) is 2. The molecule has 4 atom stereocenters. The molecule has 0 saturated carbocycles. The summed E-state index contributed by atoms with van der Waals surface area (Å²) in [5.74, 6) is -1.40. The van der Waals surface area contributed by atoms with Gasteiger partial charge in [0.1, 0.15) is 34.2 Å². The van der Waals surface area contributed by atoms with Crippen LogP contribution in [0.4, 0.5) is 9.93 Å². The SMILES string of the molecule is C=CC1(C(=O)OC(c2ccccc2)c2ccccc2)CS[C@@H]2C(NC(=O)C(=NOC(CC)CNC(=O)OC(C)(C)C)c3csc(NC=O)n3)C(=O)N2C1. The molecular formula is C37H42N6O8S2. The fourth-order valence-electron chi connectivity index (χ4n) is 5.54. The van der Waals surface area contributed by atoms with Crippen molar-refractivity contribution in [2.45, 2.75) is 63.3 Å². The number of nitrogens with zero attached hydrogens (tertiary/aromatic N) is 3. The topological polar surface area (TPSA) is 178 Å². The molecule has 1 aromatic heterocycles. The van der Waals surface area contributed by atoms with E-state index in [4.69, 9.17) is 14.3 Å². The zero-order chi connectivity index (χ0) is 38.2. The summed E-state index contributed by atoms with van der Waals surface area (Å²) in [5.41, 5.74) is -0.416. The number of fused-ring (bicyclic) bond motifs is 1.